The number of morpholine rings is 1. The van der Waals surface area contributed by atoms with Crippen LogP contribution in [0, 0.1) is 5.82 Å². The van der Waals surface area contributed by atoms with Crippen LogP contribution in [0.2, 0.25) is 0 Å². The number of aromatic amines is 1. The number of halogens is 1. The maximum atomic E-state index is 13.2. The number of H-pyrrole nitrogens is 1. The Morgan fingerprint density at radius 3 is 3.04 bits per heavy atom. The average molecular weight is 320 g/mol. The summed E-state index contributed by atoms with van der Waals surface area (Å²) in [6, 6.07) is 4.40. The zero-order valence-corrected chi connectivity index (χ0v) is 12.4. The number of hydrogen-bond donors (Lipinski definition) is 2. The first-order valence-corrected chi connectivity index (χ1v) is 7.39. The second kappa shape index (κ2) is 6.37. The Morgan fingerprint density at radius 1 is 1.43 bits per heavy atom. The van der Waals surface area contributed by atoms with Crippen molar-refractivity contribution in [2.75, 3.05) is 19.7 Å². The molecule has 0 spiro atoms. The minimum atomic E-state index is -0.942. The third-order valence-electron chi connectivity index (χ3n) is 3.96. The molecular formula is C16H17FN2O4. The molecule has 7 heteroatoms. The van der Waals surface area contributed by atoms with Gasteiger partial charge in [0.2, 0.25) is 5.91 Å². The minimum absolute atomic E-state index is 0.0890. The zero-order chi connectivity index (χ0) is 16.4. The number of nitrogens with one attached hydrogen (secondary N) is 1. The Hall–Kier alpha value is -2.41. The molecule has 1 amide bonds. The molecule has 0 aliphatic carbocycles. The van der Waals surface area contributed by atoms with Gasteiger partial charge in [0.05, 0.1) is 25.6 Å². The van der Waals surface area contributed by atoms with Gasteiger partial charge in [-0.15, -0.1) is 0 Å². The predicted octanol–water partition coefficient (Wildman–Crippen LogP) is 1.55. The van der Waals surface area contributed by atoms with E-state index in [1.807, 2.05) is 0 Å². The van der Waals surface area contributed by atoms with E-state index in [1.165, 1.54) is 12.1 Å². The Morgan fingerprint density at radius 2 is 2.26 bits per heavy atom. The van der Waals surface area contributed by atoms with Gasteiger partial charge in [0.1, 0.15) is 5.82 Å². The average Bonchev–Trinajstić information content (AvgIpc) is 2.89. The summed E-state index contributed by atoms with van der Waals surface area (Å²) in [7, 11) is 0. The monoisotopic (exact) mass is 320 g/mol. The van der Waals surface area contributed by atoms with E-state index in [1.54, 1.807) is 17.2 Å². The molecule has 122 valence electrons. The molecule has 1 aromatic heterocycles. The first kappa shape index (κ1) is 15.5. The van der Waals surface area contributed by atoms with Gasteiger partial charge in [-0.25, -0.2) is 4.39 Å². The van der Waals surface area contributed by atoms with Crippen LogP contribution in [-0.2, 0) is 20.7 Å². The van der Waals surface area contributed by atoms with Crippen molar-refractivity contribution < 1.29 is 23.8 Å². The van der Waals surface area contributed by atoms with Crippen LogP contribution >= 0.6 is 0 Å². The second-order valence-corrected chi connectivity index (χ2v) is 5.61. The second-order valence-electron chi connectivity index (χ2n) is 5.61. The molecule has 0 bridgehead atoms. The normalized spacial score (nSPS) is 18.3. The zero-order valence-electron chi connectivity index (χ0n) is 12.4. The summed E-state index contributed by atoms with van der Waals surface area (Å²) in [6.45, 7) is 1.07. The van der Waals surface area contributed by atoms with E-state index in [9.17, 15) is 14.0 Å². The lowest BCUT2D eigenvalue weighted by molar-refractivity contribution is -0.147. The highest BCUT2D eigenvalue weighted by molar-refractivity contribution is 5.89. The molecule has 1 unspecified atom stereocenters. The lowest BCUT2D eigenvalue weighted by atomic mass is 10.1. The highest BCUT2D eigenvalue weighted by atomic mass is 19.1. The van der Waals surface area contributed by atoms with Crippen molar-refractivity contribution in [3.8, 4) is 0 Å². The van der Waals surface area contributed by atoms with Gasteiger partial charge < -0.3 is 19.7 Å². The summed E-state index contributed by atoms with van der Waals surface area (Å²) in [5.74, 6) is -1.36. The summed E-state index contributed by atoms with van der Waals surface area (Å²) in [4.78, 5) is 27.8. The van der Waals surface area contributed by atoms with Gasteiger partial charge in [-0.3, -0.25) is 9.59 Å². The standard InChI is InChI=1S/C16H17FN2O4/c17-11-1-2-13-10(8-18-14(13)6-11)5-15(20)19-3-4-23-12(9-19)7-16(21)22/h1-2,6,8,12,18H,3-5,7,9H2,(H,21,22). The van der Waals surface area contributed by atoms with Crippen LogP contribution in [0.3, 0.4) is 0 Å². The molecule has 2 N–H and O–H groups in total. The molecule has 3 rings (SSSR count). The number of carbonyl (C=O) groups excluding carboxylic acids is 1. The number of rotatable bonds is 4. The highest BCUT2D eigenvalue weighted by Gasteiger charge is 2.26. The van der Waals surface area contributed by atoms with Crippen LogP contribution in [0.25, 0.3) is 10.9 Å². The Balaban J connectivity index is 1.69. The fourth-order valence-corrected chi connectivity index (χ4v) is 2.84. The van der Waals surface area contributed by atoms with E-state index < -0.39 is 12.1 Å². The summed E-state index contributed by atoms with van der Waals surface area (Å²) in [5.41, 5.74) is 1.45. The lowest BCUT2D eigenvalue weighted by Gasteiger charge is -2.32. The van der Waals surface area contributed by atoms with Crippen molar-refractivity contribution in [2.45, 2.75) is 18.9 Å². The predicted molar refractivity (Wildman–Crippen MR) is 80.5 cm³/mol. The summed E-state index contributed by atoms with van der Waals surface area (Å²) < 4.78 is 18.6. The first-order chi connectivity index (χ1) is 11.0. The lowest BCUT2D eigenvalue weighted by Crippen LogP contribution is -2.46. The van der Waals surface area contributed by atoms with Gasteiger partial charge in [-0.05, 0) is 23.8 Å². The van der Waals surface area contributed by atoms with Gasteiger partial charge in [-0.2, -0.15) is 0 Å². The number of amides is 1. The molecule has 1 fully saturated rings. The van der Waals surface area contributed by atoms with E-state index in [0.717, 1.165) is 10.9 Å². The number of nitrogens with zero attached hydrogens (tertiary/aromatic N) is 1. The molecule has 6 nitrogen and oxygen atoms in total. The number of fused-ring (bicyclic) bond motifs is 1. The van der Waals surface area contributed by atoms with E-state index >= 15 is 0 Å². The van der Waals surface area contributed by atoms with E-state index in [-0.39, 0.29) is 31.1 Å². The van der Waals surface area contributed by atoms with Gasteiger partial charge in [-0.1, -0.05) is 0 Å². The maximum Gasteiger partial charge on any atom is 0.306 e. The molecule has 23 heavy (non-hydrogen) atoms. The number of aromatic nitrogens is 1. The van der Waals surface area contributed by atoms with Gasteiger partial charge >= 0.3 is 5.97 Å². The number of carboxylic acids is 1. The quantitative estimate of drug-likeness (QED) is 0.895. The molecule has 1 saturated heterocycles. The van der Waals surface area contributed by atoms with Crippen LogP contribution in [0.5, 0.6) is 0 Å². The van der Waals surface area contributed by atoms with Crippen molar-refractivity contribution in [3.05, 3.63) is 35.8 Å². The number of carbonyl (C=O) groups is 2. The minimum Gasteiger partial charge on any atom is -0.481 e. The highest BCUT2D eigenvalue weighted by Crippen LogP contribution is 2.21. The number of aliphatic carboxylic acids is 1. The third kappa shape index (κ3) is 3.50. The van der Waals surface area contributed by atoms with Gasteiger partial charge in [0.25, 0.3) is 0 Å². The van der Waals surface area contributed by atoms with E-state index in [4.69, 9.17) is 9.84 Å². The van der Waals surface area contributed by atoms with Crippen LogP contribution in [0.15, 0.2) is 24.4 Å². The fraction of sp³-hybridized carbons (Fsp3) is 0.375. The summed E-state index contributed by atoms with van der Waals surface area (Å²) in [6.07, 6.45) is 1.31. The van der Waals surface area contributed by atoms with Gasteiger partial charge in [0.15, 0.2) is 0 Å². The molecule has 1 aromatic carbocycles. The number of benzene rings is 1. The molecule has 1 atom stereocenters. The summed E-state index contributed by atoms with van der Waals surface area (Å²) in [5, 5.41) is 9.64. The Kier molecular flexibility index (Phi) is 4.29. The smallest absolute Gasteiger partial charge is 0.306 e. The molecule has 2 heterocycles. The van der Waals surface area contributed by atoms with Crippen molar-refractivity contribution in [1.29, 1.82) is 0 Å². The fourth-order valence-electron chi connectivity index (χ4n) is 2.84. The van der Waals surface area contributed by atoms with Crippen LogP contribution in [0.1, 0.15) is 12.0 Å². The number of hydrogen-bond acceptors (Lipinski definition) is 3. The van der Waals surface area contributed by atoms with E-state index in [0.29, 0.717) is 18.7 Å². The van der Waals surface area contributed by atoms with Crippen molar-refractivity contribution >= 4 is 22.8 Å². The SMILES string of the molecule is O=C(O)CC1CN(C(=O)Cc2c[nH]c3cc(F)ccc23)CCO1. The van der Waals surface area contributed by atoms with Crippen LogP contribution in [-0.4, -0.2) is 52.7 Å². The molecule has 1 aliphatic heterocycles. The number of carboxylic acid groups (broad SMARTS) is 1. The van der Waals surface area contributed by atoms with Crippen molar-refractivity contribution in [3.63, 3.8) is 0 Å². The van der Waals surface area contributed by atoms with Crippen molar-refractivity contribution in [2.24, 2.45) is 0 Å². The van der Waals surface area contributed by atoms with Gasteiger partial charge in [0, 0.05) is 30.2 Å². The van der Waals surface area contributed by atoms with Crippen molar-refractivity contribution in [1.82, 2.24) is 9.88 Å². The van der Waals surface area contributed by atoms with Crippen LogP contribution < -0.4 is 0 Å². The van der Waals surface area contributed by atoms with Crippen LogP contribution in [0.4, 0.5) is 4.39 Å². The molecular weight excluding hydrogens is 303 g/mol. The van der Waals surface area contributed by atoms with E-state index in [2.05, 4.69) is 4.98 Å². The molecule has 1 aliphatic rings. The Labute approximate surface area is 131 Å². The number of ether oxygens (including phenoxy) is 1. The molecule has 2 aromatic rings. The first-order valence-electron chi connectivity index (χ1n) is 7.39. The maximum absolute atomic E-state index is 13.2. The molecule has 0 radical (unpaired) electrons. The largest absolute Gasteiger partial charge is 0.481 e. The third-order valence-corrected chi connectivity index (χ3v) is 3.96. The molecule has 0 saturated carbocycles. The summed E-state index contributed by atoms with van der Waals surface area (Å²) >= 11 is 0. The topological polar surface area (TPSA) is 82.6 Å². The Bertz CT molecular complexity index is 743.